The first-order valence-corrected chi connectivity index (χ1v) is 9.23. The number of alkyl carbamates (subject to hydrolysis) is 1. The van der Waals surface area contributed by atoms with Crippen molar-refractivity contribution in [2.45, 2.75) is 56.4 Å². The summed E-state index contributed by atoms with van der Waals surface area (Å²) >= 11 is 0. The minimum Gasteiger partial charge on any atom is -0.444 e. The number of hydrogen-bond acceptors (Lipinski definition) is 5. The molecule has 0 aromatic rings. The average Bonchev–Trinajstić information content (AvgIpc) is 3.12. The van der Waals surface area contributed by atoms with Gasteiger partial charge >= 0.3 is 6.09 Å². The van der Waals surface area contributed by atoms with Gasteiger partial charge in [0.05, 0.1) is 4.75 Å². The number of ether oxygens (including phenoxy) is 1. The molecule has 2 atom stereocenters. The first-order valence-electron chi connectivity index (χ1n) is 7.75. The van der Waals surface area contributed by atoms with Crippen LogP contribution in [-0.4, -0.2) is 36.3 Å². The molecule has 2 aliphatic carbocycles. The lowest BCUT2D eigenvalue weighted by Crippen LogP contribution is -2.66. The fourth-order valence-electron chi connectivity index (χ4n) is 2.32. The molecule has 0 unspecified atom stereocenters. The predicted molar refractivity (Wildman–Crippen MR) is 89.6 cm³/mol. The van der Waals surface area contributed by atoms with Crippen LogP contribution in [0.5, 0.6) is 0 Å². The van der Waals surface area contributed by atoms with Crippen LogP contribution >= 0.6 is 0 Å². The number of nitrogens with one attached hydrogen (secondary N) is 2. The van der Waals surface area contributed by atoms with Crippen molar-refractivity contribution >= 4 is 22.0 Å². The molecule has 7 nitrogen and oxygen atoms in total. The van der Waals surface area contributed by atoms with E-state index >= 15 is 0 Å². The second-order valence-electron chi connectivity index (χ2n) is 7.50. The van der Waals surface area contributed by atoms with Gasteiger partial charge in [-0.25, -0.2) is 13.2 Å². The molecular formula is C16H24N2O5S. The van der Waals surface area contributed by atoms with Crippen LogP contribution in [0, 0.1) is 5.92 Å². The highest BCUT2D eigenvalue weighted by Gasteiger charge is 2.55. The fraction of sp³-hybridized carbons (Fsp3) is 0.625. The van der Waals surface area contributed by atoms with Gasteiger partial charge < -0.3 is 10.1 Å². The second kappa shape index (κ2) is 5.61. The number of rotatable bonds is 5. The van der Waals surface area contributed by atoms with Crippen LogP contribution in [0.3, 0.4) is 0 Å². The molecule has 2 rings (SSSR count). The lowest BCUT2D eigenvalue weighted by Gasteiger charge is -2.41. The van der Waals surface area contributed by atoms with Crippen LogP contribution in [0.2, 0.25) is 0 Å². The second-order valence-corrected chi connectivity index (χ2v) is 9.70. The van der Waals surface area contributed by atoms with Crippen molar-refractivity contribution in [1.29, 1.82) is 0 Å². The third kappa shape index (κ3) is 3.33. The highest BCUT2D eigenvalue weighted by atomic mass is 32.2. The van der Waals surface area contributed by atoms with E-state index < -0.39 is 43.8 Å². The summed E-state index contributed by atoms with van der Waals surface area (Å²) in [5.74, 6) is -1.33. The maximum atomic E-state index is 12.6. The lowest BCUT2D eigenvalue weighted by atomic mass is 9.74. The summed E-state index contributed by atoms with van der Waals surface area (Å²) in [6, 6.07) is 0. The van der Waals surface area contributed by atoms with Gasteiger partial charge in [0.1, 0.15) is 5.60 Å². The van der Waals surface area contributed by atoms with Gasteiger partial charge in [0.25, 0.3) is 5.91 Å². The Morgan fingerprint density at radius 2 is 1.92 bits per heavy atom. The maximum Gasteiger partial charge on any atom is 0.408 e. The molecular weight excluding hydrogens is 332 g/mol. The third-order valence-corrected chi connectivity index (χ3v) is 6.42. The summed E-state index contributed by atoms with van der Waals surface area (Å²) < 4.78 is 30.9. The molecule has 134 valence electrons. The number of sulfonamides is 1. The van der Waals surface area contributed by atoms with E-state index in [4.69, 9.17) is 4.74 Å². The largest absolute Gasteiger partial charge is 0.444 e. The summed E-state index contributed by atoms with van der Waals surface area (Å²) in [6.07, 6.45) is 4.79. The minimum atomic E-state index is -3.81. The molecule has 0 aromatic carbocycles. The van der Waals surface area contributed by atoms with E-state index in [1.165, 1.54) is 12.2 Å². The van der Waals surface area contributed by atoms with Gasteiger partial charge in [0, 0.05) is 5.92 Å². The molecule has 0 heterocycles. The molecule has 0 aromatic heterocycles. The maximum absolute atomic E-state index is 12.6. The molecule has 0 radical (unpaired) electrons. The van der Waals surface area contributed by atoms with Crippen molar-refractivity contribution < 1.29 is 22.7 Å². The van der Waals surface area contributed by atoms with Gasteiger partial charge in [-0.1, -0.05) is 18.2 Å². The molecule has 0 saturated heterocycles. The number of carbonyl (C=O) groups is 2. The van der Waals surface area contributed by atoms with Gasteiger partial charge in [0.15, 0.2) is 5.54 Å². The van der Waals surface area contributed by atoms with Gasteiger partial charge in [0.2, 0.25) is 10.0 Å². The Morgan fingerprint density at radius 1 is 1.33 bits per heavy atom. The summed E-state index contributed by atoms with van der Waals surface area (Å²) in [5.41, 5.74) is -2.26. The van der Waals surface area contributed by atoms with Crippen LogP contribution in [0.1, 0.15) is 40.5 Å². The van der Waals surface area contributed by atoms with Crippen molar-refractivity contribution in [2.75, 3.05) is 0 Å². The van der Waals surface area contributed by atoms with E-state index in [-0.39, 0.29) is 0 Å². The van der Waals surface area contributed by atoms with Crippen LogP contribution < -0.4 is 10.0 Å². The third-order valence-electron chi connectivity index (χ3n) is 4.26. The molecule has 0 bridgehead atoms. The molecule has 2 amide bonds. The zero-order valence-corrected chi connectivity index (χ0v) is 15.2. The average molecular weight is 356 g/mol. The molecule has 2 aliphatic rings. The van der Waals surface area contributed by atoms with Gasteiger partial charge in [-0.05, 0) is 40.5 Å². The lowest BCUT2D eigenvalue weighted by molar-refractivity contribution is -0.125. The Kier molecular flexibility index (Phi) is 4.33. The molecule has 1 saturated carbocycles. The SMILES string of the molecule is C=C[C@@H]1C=C[C@]1(NC(=O)OC(C)(C)C)C(=O)NS(=O)(=O)C1(C)CC1. The monoisotopic (exact) mass is 356 g/mol. The molecule has 2 N–H and O–H groups in total. The van der Waals surface area contributed by atoms with Crippen LogP contribution in [-0.2, 0) is 19.6 Å². The quantitative estimate of drug-likeness (QED) is 0.729. The normalized spacial score (nSPS) is 27.6. The summed E-state index contributed by atoms with van der Waals surface area (Å²) in [7, 11) is -3.81. The topological polar surface area (TPSA) is 102 Å². The van der Waals surface area contributed by atoms with Crippen molar-refractivity contribution in [1.82, 2.24) is 10.0 Å². The summed E-state index contributed by atoms with van der Waals surface area (Å²) in [4.78, 5) is 24.7. The Balaban J connectivity index is 2.20. The van der Waals surface area contributed by atoms with Gasteiger partial charge in [-0.3, -0.25) is 9.52 Å². The first kappa shape index (κ1) is 18.5. The van der Waals surface area contributed by atoms with Crippen LogP contribution in [0.4, 0.5) is 4.79 Å². The Morgan fingerprint density at radius 3 is 2.29 bits per heavy atom. The van der Waals surface area contributed by atoms with E-state index in [2.05, 4.69) is 16.6 Å². The fourth-order valence-corrected chi connectivity index (χ4v) is 3.62. The van der Waals surface area contributed by atoms with Crippen molar-refractivity contribution in [3.05, 3.63) is 24.8 Å². The van der Waals surface area contributed by atoms with E-state index in [0.717, 1.165) is 0 Å². The highest BCUT2D eigenvalue weighted by molar-refractivity contribution is 7.91. The molecule has 0 aliphatic heterocycles. The molecule has 0 spiro atoms. The van der Waals surface area contributed by atoms with E-state index in [9.17, 15) is 18.0 Å². The number of hydrogen-bond donors (Lipinski definition) is 2. The predicted octanol–water partition coefficient (Wildman–Crippen LogP) is 1.62. The minimum absolute atomic E-state index is 0.503. The van der Waals surface area contributed by atoms with Crippen molar-refractivity contribution in [3.63, 3.8) is 0 Å². The standard InChI is InChI=1S/C16H24N2O5S/c1-6-11-7-8-16(11,17-13(20)23-14(2,3)4)12(19)18-24(21,22)15(5)9-10-15/h6-8,11H,1,9-10H2,2-5H3,(H,17,20)(H,18,19)/t11-,16-/m1/s1. The van der Waals surface area contributed by atoms with Crippen molar-refractivity contribution in [2.24, 2.45) is 5.92 Å². The number of carbonyl (C=O) groups excluding carboxylic acids is 2. The van der Waals surface area contributed by atoms with Crippen LogP contribution in [0.25, 0.3) is 0 Å². The van der Waals surface area contributed by atoms with E-state index in [1.54, 1.807) is 33.8 Å². The van der Waals surface area contributed by atoms with Gasteiger partial charge in [-0.15, -0.1) is 6.58 Å². The molecule has 8 heteroatoms. The Hall–Kier alpha value is -1.83. The van der Waals surface area contributed by atoms with E-state index in [0.29, 0.717) is 12.8 Å². The zero-order valence-electron chi connectivity index (χ0n) is 14.4. The molecule has 24 heavy (non-hydrogen) atoms. The number of amides is 2. The molecule has 1 fully saturated rings. The Bertz CT molecular complexity index is 700. The van der Waals surface area contributed by atoms with Gasteiger partial charge in [-0.2, -0.15) is 0 Å². The highest BCUT2D eigenvalue weighted by Crippen LogP contribution is 2.42. The Labute approximate surface area is 142 Å². The van der Waals surface area contributed by atoms with Crippen LogP contribution in [0.15, 0.2) is 24.8 Å². The summed E-state index contributed by atoms with van der Waals surface area (Å²) in [6.45, 7) is 10.3. The smallest absolute Gasteiger partial charge is 0.408 e. The van der Waals surface area contributed by atoms with Crippen molar-refractivity contribution in [3.8, 4) is 0 Å². The summed E-state index contributed by atoms with van der Waals surface area (Å²) in [5, 5.41) is 2.49. The first-order chi connectivity index (χ1) is 10.9. The zero-order chi connectivity index (χ0) is 18.4. The van der Waals surface area contributed by atoms with E-state index in [1.807, 2.05) is 0 Å².